The number of rotatable bonds is 1. The SMILES string of the molecule is N#Cc1cc(CBr)cc(Br)c1Br. The van der Waals surface area contributed by atoms with Crippen molar-refractivity contribution in [2.75, 3.05) is 0 Å². The molecule has 0 unspecified atom stereocenters. The summed E-state index contributed by atoms with van der Waals surface area (Å²) in [7, 11) is 0. The highest BCUT2D eigenvalue weighted by molar-refractivity contribution is 9.13. The maximum Gasteiger partial charge on any atom is 0.100 e. The maximum atomic E-state index is 8.75. The van der Waals surface area contributed by atoms with Crippen LogP contribution in [-0.2, 0) is 5.33 Å². The third kappa shape index (κ3) is 2.09. The van der Waals surface area contributed by atoms with Crippen LogP contribution in [0.15, 0.2) is 21.1 Å². The molecule has 0 bridgehead atoms. The van der Waals surface area contributed by atoms with Gasteiger partial charge in [0, 0.05) is 14.3 Å². The lowest BCUT2D eigenvalue weighted by Crippen LogP contribution is -1.84. The normalized spacial score (nSPS) is 9.50. The molecule has 1 aromatic carbocycles. The van der Waals surface area contributed by atoms with Crippen LogP contribution in [0, 0.1) is 11.3 Å². The van der Waals surface area contributed by atoms with Gasteiger partial charge in [0.05, 0.1) is 5.56 Å². The number of hydrogen-bond acceptors (Lipinski definition) is 1. The zero-order chi connectivity index (χ0) is 9.14. The first kappa shape index (κ1) is 10.2. The molecule has 62 valence electrons. The lowest BCUT2D eigenvalue weighted by Gasteiger charge is -2.01. The highest BCUT2D eigenvalue weighted by Crippen LogP contribution is 2.28. The van der Waals surface area contributed by atoms with E-state index in [0.29, 0.717) is 5.56 Å². The van der Waals surface area contributed by atoms with Crippen LogP contribution < -0.4 is 0 Å². The topological polar surface area (TPSA) is 23.8 Å². The minimum Gasteiger partial charge on any atom is -0.192 e. The van der Waals surface area contributed by atoms with Crippen LogP contribution in [0.3, 0.4) is 0 Å². The summed E-state index contributed by atoms with van der Waals surface area (Å²) in [6.45, 7) is 0. The number of hydrogen-bond donors (Lipinski definition) is 0. The second-order valence-corrected chi connectivity index (χ2v) is 4.39. The Balaban J connectivity index is 3.31. The first-order valence-electron chi connectivity index (χ1n) is 3.13. The number of benzene rings is 1. The van der Waals surface area contributed by atoms with Gasteiger partial charge in [0.1, 0.15) is 6.07 Å². The predicted octanol–water partition coefficient (Wildman–Crippen LogP) is 3.98. The van der Waals surface area contributed by atoms with Gasteiger partial charge in [0.25, 0.3) is 0 Å². The van der Waals surface area contributed by atoms with Gasteiger partial charge in [-0.3, -0.25) is 0 Å². The molecule has 0 spiro atoms. The molecule has 0 saturated carbocycles. The molecule has 0 saturated heterocycles. The Morgan fingerprint density at radius 2 is 2.00 bits per heavy atom. The zero-order valence-electron chi connectivity index (χ0n) is 5.94. The molecule has 1 nitrogen and oxygen atoms in total. The molecule has 1 rings (SSSR count). The van der Waals surface area contributed by atoms with Gasteiger partial charge in [-0.2, -0.15) is 5.26 Å². The summed E-state index contributed by atoms with van der Waals surface area (Å²) in [5.41, 5.74) is 1.74. The molecular formula is C8H4Br3N. The molecule has 0 aliphatic rings. The van der Waals surface area contributed by atoms with E-state index in [4.69, 9.17) is 5.26 Å². The van der Waals surface area contributed by atoms with E-state index in [-0.39, 0.29) is 0 Å². The quantitative estimate of drug-likeness (QED) is 0.701. The maximum absolute atomic E-state index is 8.75. The molecule has 0 heterocycles. The summed E-state index contributed by atoms with van der Waals surface area (Å²) in [5.74, 6) is 0. The minimum atomic E-state index is 0.652. The highest BCUT2D eigenvalue weighted by Gasteiger charge is 2.05. The van der Waals surface area contributed by atoms with Gasteiger partial charge in [-0.1, -0.05) is 15.9 Å². The monoisotopic (exact) mass is 351 g/mol. The third-order valence-electron chi connectivity index (χ3n) is 1.36. The molecule has 4 heteroatoms. The molecule has 12 heavy (non-hydrogen) atoms. The Kier molecular flexibility index (Phi) is 3.76. The predicted molar refractivity (Wildman–Crippen MR) is 59.2 cm³/mol. The van der Waals surface area contributed by atoms with Crippen molar-refractivity contribution in [3.8, 4) is 6.07 Å². The van der Waals surface area contributed by atoms with Gasteiger partial charge < -0.3 is 0 Å². The van der Waals surface area contributed by atoms with E-state index < -0.39 is 0 Å². The molecule has 0 aliphatic carbocycles. The third-order valence-corrected chi connectivity index (χ3v) is 4.02. The fourth-order valence-corrected chi connectivity index (χ4v) is 1.95. The van der Waals surface area contributed by atoms with Crippen molar-refractivity contribution >= 4 is 47.8 Å². The molecule has 0 radical (unpaired) electrons. The fraction of sp³-hybridized carbons (Fsp3) is 0.125. The molecule has 1 aromatic rings. The van der Waals surface area contributed by atoms with E-state index in [1.54, 1.807) is 0 Å². The van der Waals surface area contributed by atoms with E-state index in [1.807, 2.05) is 12.1 Å². The largest absolute Gasteiger partial charge is 0.192 e. The van der Waals surface area contributed by atoms with Gasteiger partial charge in [-0.15, -0.1) is 0 Å². The fourth-order valence-electron chi connectivity index (χ4n) is 0.804. The minimum absolute atomic E-state index is 0.652. The molecule has 0 fully saturated rings. The second kappa shape index (κ2) is 4.40. The van der Waals surface area contributed by atoms with E-state index >= 15 is 0 Å². The van der Waals surface area contributed by atoms with E-state index in [9.17, 15) is 0 Å². The van der Waals surface area contributed by atoms with Gasteiger partial charge in [0.15, 0.2) is 0 Å². The van der Waals surface area contributed by atoms with Crippen LogP contribution in [0.25, 0.3) is 0 Å². The molecule has 0 amide bonds. The van der Waals surface area contributed by atoms with Gasteiger partial charge >= 0.3 is 0 Å². The lowest BCUT2D eigenvalue weighted by molar-refractivity contribution is 1.36. The van der Waals surface area contributed by atoms with E-state index in [0.717, 1.165) is 19.8 Å². The number of nitrogens with zero attached hydrogens (tertiary/aromatic N) is 1. The van der Waals surface area contributed by atoms with Crippen LogP contribution in [0.2, 0.25) is 0 Å². The Bertz CT molecular complexity index is 341. The molecule has 0 aliphatic heterocycles. The standard InChI is InChI=1S/C8H4Br3N/c9-3-5-1-6(4-12)8(11)7(10)2-5/h1-2H,3H2. The van der Waals surface area contributed by atoms with Crippen molar-refractivity contribution < 1.29 is 0 Å². The molecule has 0 atom stereocenters. The summed E-state index contributed by atoms with van der Waals surface area (Å²) < 4.78 is 1.73. The van der Waals surface area contributed by atoms with Crippen molar-refractivity contribution in [2.24, 2.45) is 0 Å². The Labute approximate surface area is 96.2 Å². The van der Waals surface area contributed by atoms with Crippen LogP contribution in [0.1, 0.15) is 11.1 Å². The van der Waals surface area contributed by atoms with Crippen molar-refractivity contribution in [3.63, 3.8) is 0 Å². The van der Waals surface area contributed by atoms with Gasteiger partial charge in [0.2, 0.25) is 0 Å². The summed E-state index contributed by atoms with van der Waals surface area (Å²) in [5, 5.41) is 9.50. The molecule has 0 N–H and O–H groups in total. The summed E-state index contributed by atoms with van der Waals surface area (Å²) in [6, 6.07) is 5.94. The Morgan fingerprint density at radius 1 is 1.33 bits per heavy atom. The smallest absolute Gasteiger partial charge is 0.100 e. The average molecular weight is 354 g/mol. The first-order valence-corrected chi connectivity index (χ1v) is 5.83. The summed E-state index contributed by atoms with van der Waals surface area (Å²) in [6.07, 6.45) is 0. The second-order valence-electron chi connectivity index (χ2n) is 2.18. The van der Waals surface area contributed by atoms with E-state index in [1.165, 1.54) is 0 Å². The lowest BCUT2D eigenvalue weighted by atomic mass is 10.2. The van der Waals surface area contributed by atoms with Crippen molar-refractivity contribution in [1.29, 1.82) is 5.26 Å². The van der Waals surface area contributed by atoms with Crippen molar-refractivity contribution in [2.45, 2.75) is 5.33 Å². The first-order chi connectivity index (χ1) is 5.69. The molecular weight excluding hydrogens is 350 g/mol. The summed E-state index contributed by atoms with van der Waals surface area (Å²) in [4.78, 5) is 0. The van der Waals surface area contributed by atoms with E-state index in [2.05, 4.69) is 53.9 Å². The van der Waals surface area contributed by atoms with Gasteiger partial charge in [-0.05, 0) is 49.6 Å². The summed E-state index contributed by atoms with van der Waals surface area (Å²) >= 11 is 10.0. The van der Waals surface area contributed by atoms with Gasteiger partial charge in [-0.25, -0.2) is 0 Å². The number of halogens is 3. The number of nitriles is 1. The average Bonchev–Trinajstić information content (AvgIpc) is 2.09. The Morgan fingerprint density at radius 3 is 2.50 bits per heavy atom. The van der Waals surface area contributed by atoms with Crippen molar-refractivity contribution in [1.82, 2.24) is 0 Å². The van der Waals surface area contributed by atoms with Crippen LogP contribution in [-0.4, -0.2) is 0 Å². The Hall–Kier alpha value is 0.150. The zero-order valence-corrected chi connectivity index (χ0v) is 10.7. The van der Waals surface area contributed by atoms with Crippen LogP contribution >= 0.6 is 47.8 Å². The molecule has 0 aromatic heterocycles. The van der Waals surface area contributed by atoms with Crippen LogP contribution in [0.4, 0.5) is 0 Å². The van der Waals surface area contributed by atoms with Crippen molar-refractivity contribution in [3.05, 3.63) is 32.2 Å². The van der Waals surface area contributed by atoms with Crippen LogP contribution in [0.5, 0.6) is 0 Å². The number of alkyl halides is 1. The highest BCUT2D eigenvalue weighted by atomic mass is 79.9.